The lowest BCUT2D eigenvalue weighted by Gasteiger charge is -2.35. The highest BCUT2D eigenvalue weighted by Crippen LogP contribution is 2.38. The SMILES string of the molecule is NNC(C1=CCCCO1)C1CCC(F)(F)CC1. The van der Waals surface area contributed by atoms with Crippen molar-refractivity contribution in [2.45, 2.75) is 50.5 Å². The second-order valence-electron chi connectivity index (χ2n) is 4.93. The summed E-state index contributed by atoms with van der Waals surface area (Å²) in [4.78, 5) is 0. The van der Waals surface area contributed by atoms with Gasteiger partial charge in [-0.25, -0.2) is 14.2 Å². The molecule has 1 atom stereocenters. The Morgan fingerprint density at radius 1 is 1.41 bits per heavy atom. The number of nitrogens with two attached hydrogens (primary N) is 1. The van der Waals surface area contributed by atoms with Crippen LogP contribution in [0.15, 0.2) is 11.8 Å². The molecule has 0 radical (unpaired) electrons. The number of nitrogens with one attached hydrogen (secondary N) is 1. The second-order valence-corrected chi connectivity index (χ2v) is 4.93. The van der Waals surface area contributed by atoms with Crippen LogP contribution >= 0.6 is 0 Å². The molecule has 0 aromatic carbocycles. The molecule has 0 aromatic rings. The molecule has 1 fully saturated rings. The fourth-order valence-corrected chi connectivity index (χ4v) is 2.64. The van der Waals surface area contributed by atoms with Crippen LogP contribution in [0.25, 0.3) is 0 Å². The summed E-state index contributed by atoms with van der Waals surface area (Å²) in [6, 6.07) is -0.105. The van der Waals surface area contributed by atoms with Crippen LogP contribution in [-0.2, 0) is 4.74 Å². The van der Waals surface area contributed by atoms with Crippen LogP contribution in [0.3, 0.4) is 0 Å². The minimum absolute atomic E-state index is 0.0386. The summed E-state index contributed by atoms with van der Waals surface area (Å²) in [5.41, 5.74) is 2.73. The van der Waals surface area contributed by atoms with Crippen molar-refractivity contribution in [3.05, 3.63) is 11.8 Å². The maximum Gasteiger partial charge on any atom is 0.248 e. The Morgan fingerprint density at radius 2 is 2.12 bits per heavy atom. The first-order chi connectivity index (χ1) is 8.12. The highest BCUT2D eigenvalue weighted by Gasteiger charge is 2.38. The van der Waals surface area contributed by atoms with Crippen molar-refractivity contribution in [3.8, 4) is 0 Å². The zero-order chi connectivity index (χ0) is 12.3. The Hall–Kier alpha value is -0.680. The molecule has 1 heterocycles. The lowest BCUT2D eigenvalue weighted by atomic mass is 9.81. The van der Waals surface area contributed by atoms with Gasteiger partial charge in [0.15, 0.2) is 0 Å². The molecule has 0 amide bonds. The number of rotatable bonds is 3. The Labute approximate surface area is 100 Å². The molecule has 2 rings (SSSR count). The maximum atomic E-state index is 13.1. The summed E-state index contributed by atoms with van der Waals surface area (Å²) in [5, 5.41) is 0. The van der Waals surface area contributed by atoms with E-state index in [1.54, 1.807) is 0 Å². The molecule has 1 saturated carbocycles. The van der Waals surface area contributed by atoms with Gasteiger partial charge in [0.25, 0.3) is 0 Å². The van der Waals surface area contributed by atoms with Gasteiger partial charge < -0.3 is 4.74 Å². The van der Waals surface area contributed by atoms with E-state index in [-0.39, 0.29) is 24.8 Å². The lowest BCUT2D eigenvalue weighted by Crippen LogP contribution is -2.45. The van der Waals surface area contributed by atoms with Gasteiger partial charge >= 0.3 is 0 Å². The average Bonchev–Trinajstić information content (AvgIpc) is 2.33. The van der Waals surface area contributed by atoms with E-state index in [1.807, 2.05) is 6.08 Å². The summed E-state index contributed by atoms with van der Waals surface area (Å²) in [7, 11) is 0. The standard InChI is InChI=1S/C12H20F2N2O/c13-12(14)6-4-9(5-7-12)11(16-15)10-3-1-2-8-17-10/h3,9,11,16H,1-2,4-8,15H2. The molecule has 0 aromatic heterocycles. The van der Waals surface area contributed by atoms with E-state index >= 15 is 0 Å². The number of halogens is 2. The monoisotopic (exact) mass is 246 g/mol. The van der Waals surface area contributed by atoms with Crippen LogP contribution in [0, 0.1) is 5.92 Å². The first-order valence-electron chi connectivity index (χ1n) is 6.29. The molecule has 98 valence electrons. The molecule has 3 N–H and O–H groups in total. The molecular formula is C12H20F2N2O. The Kier molecular flexibility index (Phi) is 3.99. The van der Waals surface area contributed by atoms with Crippen molar-refractivity contribution in [2.24, 2.45) is 11.8 Å². The first-order valence-corrected chi connectivity index (χ1v) is 6.29. The smallest absolute Gasteiger partial charge is 0.248 e. The van der Waals surface area contributed by atoms with Crippen molar-refractivity contribution in [2.75, 3.05) is 6.61 Å². The van der Waals surface area contributed by atoms with E-state index in [0.29, 0.717) is 19.4 Å². The van der Waals surface area contributed by atoms with Crippen molar-refractivity contribution >= 4 is 0 Å². The van der Waals surface area contributed by atoms with Crippen molar-refractivity contribution in [1.29, 1.82) is 0 Å². The molecule has 1 aliphatic heterocycles. The summed E-state index contributed by atoms with van der Waals surface area (Å²) in [6.07, 6.45) is 4.96. The number of ether oxygens (including phenoxy) is 1. The van der Waals surface area contributed by atoms with Gasteiger partial charge in [-0.2, -0.15) is 0 Å². The Bertz CT molecular complexity index is 284. The van der Waals surface area contributed by atoms with Crippen molar-refractivity contribution in [1.82, 2.24) is 5.43 Å². The normalized spacial score (nSPS) is 27.1. The molecule has 0 bridgehead atoms. The fourth-order valence-electron chi connectivity index (χ4n) is 2.64. The molecule has 1 unspecified atom stereocenters. The van der Waals surface area contributed by atoms with Gasteiger partial charge in [0.2, 0.25) is 5.92 Å². The maximum absolute atomic E-state index is 13.1. The van der Waals surface area contributed by atoms with Gasteiger partial charge in [0.05, 0.1) is 12.6 Å². The topological polar surface area (TPSA) is 47.3 Å². The van der Waals surface area contributed by atoms with Crippen LogP contribution < -0.4 is 11.3 Å². The van der Waals surface area contributed by atoms with Crippen molar-refractivity contribution in [3.63, 3.8) is 0 Å². The van der Waals surface area contributed by atoms with Crippen molar-refractivity contribution < 1.29 is 13.5 Å². The van der Waals surface area contributed by atoms with Gasteiger partial charge in [-0.05, 0) is 37.7 Å². The highest BCUT2D eigenvalue weighted by molar-refractivity contribution is 5.08. The largest absolute Gasteiger partial charge is 0.497 e. The minimum atomic E-state index is -2.49. The number of hydrazine groups is 1. The average molecular weight is 246 g/mol. The van der Waals surface area contributed by atoms with Gasteiger partial charge in [0, 0.05) is 12.8 Å². The third-order valence-corrected chi connectivity index (χ3v) is 3.68. The molecule has 5 heteroatoms. The predicted molar refractivity (Wildman–Crippen MR) is 61.3 cm³/mol. The molecule has 2 aliphatic rings. The number of hydrogen-bond acceptors (Lipinski definition) is 3. The summed E-state index contributed by atoms with van der Waals surface area (Å²) < 4.78 is 31.7. The molecule has 0 spiro atoms. The van der Waals surface area contributed by atoms with Gasteiger partial charge in [0.1, 0.15) is 5.76 Å². The highest BCUT2D eigenvalue weighted by atomic mass is 19.3. The Balaban J connectivity index is 1.97. The number of allylic oxidation sites excluding steroid dienone is 1. The van der Waals surface area contributed by atoms with Gasteiger partial charge in [-0.15, -0.1) is 0 Å². The molecule has 0 saturated heterocycles. The summed E-state index contributed by atoms with van der Waals surface area (Å²) >= 11 is 0. The lowest BCUT2D eigenvalue weighted by molar-refractivity contribution is -0.0504. The van der Waals surface area contributed by atoms with E-state index in [4.69, 9.17) is 10.6 Å². The van der Waals surface area contributed by atoms with Crippen LogP contribution in [0.2, 0.25) is 0 Å². The van der Waals surface area contributed by atoms with E-state index < -0.39 is 5.92 Å². The summed E-state index contributed by atoms with van der Waals surface area (Å²) in [6.45, 7) is 0.701. The van der Waals surface area contributed by atoms with E-state index in [0.717, 1.165) is 18.6 Å². The molecular weight excluding hydrogens is 226 g/mol. The van der Waals surface area contributed by atoms with Crippen LogP contribution in [0.1, 0.15) is 38.5 Å². The zero-order valence-electron chi connectivity index (χ0n) is 9.92. The zero-order valence-corrected chi connectivity index (χ0v) is 9.92. The first kappa shape index (κ1) is 12.8. The Morgan fingerprint density at radius 3 is 2.65 bits per heavy atom. The number of hydrogen-bond donors (Lipinski definition) is 2. The molecule has 3 nitrogen and oxygen atoms in total. The van der Waals surface area contributed by atoms with E-state index in [2.05, 4.69) is 5.43 Å². The second kappa shape index (κ2) is 5.31. The van der Waals surface area contributed by atoms with E-state index in [1.165, 1.54) is 0 Å². The van der Waals surface area contributed by atoms with Crippen LogP contribution in [0.5, 0.6) is 0 Å². The fraction of sp³-hybridized carbons (Fsp3) is 0.833. The van der Waals surface area contributed by atoms with E-state index in [9.17, 15) is 8.78 Å². The minimum Gasteiger partial charge on any atom is -0.497 e. The number of alkyl halides is 2. The molecule has 1 aliphatic carbocycles. The summed E-state index contributed by atoms with van der Waals surface area (Å²) in [5.74, 6) is 4.05. The predicted octanol–water partition coefficient (Wildman–Crippen LogP) is 2.34. The molecule has 17 heavy (non-hydrogen) atoms. The van der Waals surface area contributed by atoms with Gasteiger partial charge in [-0.3, -0.25) is 5.84 Å². The third-order valence-electron chi connectivity index (χ3n) is 3.68. The van der Waals surface area contributed by atoms with Crippen LogP contribution in [-0.4, -0.2) is 18.6 Å². The third kappa shape index (κ3) is 3.16. The van der Waals surface area contributed by atoms with Gasteiger partial charge in [-0.1, -0.05) is 0 Å². The van der Waals surface area contributed by atoms with Crippen LogP contribution in [0.4, 0.5) is 8.78 Å². The quantitative estimate of drug-likeness (QED) is 0.593.